The van der Waals surface area contributed by atoms with Crippen molar-refractivity contribution in [3.8, 4) is 79.5 Å². The first-order valence-electron chi connectivity index (χ1n) is 32.6. The van der Waals surface area contributed by atoms with E-state index in [9.17, 15) is 0 Å². The number of H-pyrrole nitrogens is 2. The van der Waals surface area contributed by atoms with E-state index in [1.165, 1.54) is 16.2 Å². The minimum absolute atomic E-state index is 0.401. The van der Waals surface area contributed by atoms with Crippen molar-refractivity contribution in [2.24, 2.45) is 0 Å². The topological polar surface area (TPSA) is 154 Å². The Morgan fingerprint density at radius 3 is 1.12 bits per heavy atom. The molecule has 1 aliphatic rings. The molecule has 2 N–H and O–H groups in total. The standard InChI is InChI=1S/C39H24N4O.C27H26BN3O2.C18H10BrNO/c1-3-10-24(11-4-1)37-41-38(25-12-5-2-6-13-25)43-39(42-37)28-15-9-14-26(22-28)27-18-20-32-31(23-27)35-33(40-32)21-19-30-29-16-7-8-17-34(29)44-36(30)35;1-26(2)27(3,4)33-28(32-26)22-17-11-16-21(18-22)25-30-23(19-12-7-5-8-13-19)29-24(31-25)20-14-9-6-10-15-20;19-10-5-7-14-13(9-10)17-15(20-14)8-6-12-11-3-1-2-4-16(11)21-18(12)17/h1-23,40H;5-18H,1-4H3;1-9,20H. The molecule has 12 nitrogen and oxygen atoms in total. The van der Waals surface area contributed by atoms with Crippen LogP contribution in [0.25, 0.3) is 167 Å². The number of fused-ring (bicyclic) bond motifs is 14. The van der Waals surface area contributed by atoms with Gasteiger partial charge in [-0.25, -0.2) is 29.9 Å². The summed E-state index contributed by atoms with van der Waals surface area (Å²) in [6.45, 7) is 8.23. The van der Waals surface area contributed by atoms with Gasteiger partial charge in [-0.05, 0) is 117 Å². The summed E-state index contributed by atoms with van der Waals surface area (Å²) in [6.07, 6.45) is 0. The number of nitrogens with one attached hydrogen (secondary N) is 2. The van der Waals surface area contributed by atoms with E-state index >= 15 is 0 Å². The molecule has 7 heterocycles. The van der Waals surface area contributed by atoms with Gasteiger partial charge in [0, 0.05) is 81.2 Å². The highest BCUT2D eigenvalue weighted by Gasteiger charge is 2.51. The van der Waals surface area contributed by atoms with Crippen molar-refractivity contribution in [3.05, 3.63) is 284 Å². The van der Waals surface area contributed by atoms with Crippen LogP contribution in [0.5, 0.6) is 0 Å². The Bertz CT molecular complexity index is 5920. The number of halogens is 1. The van der Waals surface area contributed by atoms with E-state index in [4.69, 9.17) is 48.0 Å². The Morgan fingerprint density at radius 2 is 0.653 bits per heavy atom. The molecule has 0 spiro atoms. The van der Waals surface area contributed by atoms with Crippen molar-refractivity contribution in [2.45, 2.75) is 38.9 Å². The van der Waals surface area contributed by atoms with E-state index < -0.39 is 18.3 Å². The van der Waals surface area contributed by atoms with Gasteiger partial charge in [-0.2, -0.15) is 0 Å². The summed E-state index contributed by atoms with van der Waals surface area (Å²) in [6, 6.07) is 94.3. The zero-order valence-electron chi connectivity index (χ0n) is 53.8. The Kier molecular flexibility index (Phi) is 15.0. The molecule has 1 aliphatic heterocycles. The molecule has 0 radical (unpaired) electrons. The van der Waals surface area contributed by atoms with Crippen LogP contribution < -0.4 is 5.46 Å². The second kappa shape index (κ2) is 24.5. The summed E-state index contributed by atoms with van der Waals surface area (Å²) in [5.74, 6) is 3.82. The van der Waals surface area contributed by atoms with Gasteiger partial charge in [0.25, 0.3) is 0 Å². The predicted molar refractivity (Wildman–Crippen MR) is 401 cm³/mol. The largest absolute Gasteiger partial charge is 0.494 e. The molecule has 1 fully saturated rings. The zero-order chi connectivity index (χ0) is 66.1. The van der Waals surface area contributed by atoms with Gasteiger partial charge in [0.05, 0.1) is 33.0 Å². The van der Waals surface area contributed by atoms with Crippen LogP contribution in [0.1, 0.15) is 27.7 Å². The highest BCUT2D eigenvalue weighted by Crippen LogP contribution is 2.42. The molecular formula is C84H60BBrN8O4. The van der Waals surface area contributed by atoms with Crippen LogP contribution in [-0.2, 0) is 9.31 Å². The average molecular weight is 1340 g/mol. The lowest BCUT2D eigenvalue weighted by Gasteiger charge is -2.32. The number of hydrogen-bond acceptors (Lipinski definition) is 10. The predicted octanol–water partition coefficient (Wildman–Crippen LogP) is 21.2. The highest BCUT2D eigenvalue weighted by molar-refractivity contribution is 9.10. The summed E-state index contributed by atoms with van der Waals surface area (Å²) in [5.41, 5.74) is 16.0. The summed E-state index contributed by atoms with van der Waals surface area (Å²) >= 11 is 3.56. The van der Waals surface area contributed by atoms with E-state index in [0.717, 1.165) is 126 Å². The molecule has 0 aliphatic carbocycles. The number of hydrogen-bond donors (Lipinski definition) is 2. The maximum Gasteiger partial charge on any atom is 0.494 e. The first kappa shape index (κ1) is 60.0. The fourth-order valence-corrected chi connectivity index (χ4v) is 13.4. The third-order valence-corrected chi connectivity index (χ3v) is 19.2. The number of aromatic amines is 2. The SMILES string of the molecule is Brc1ccc2[nH]c3ccc4c5ccccc5oc4c3c2c1.CC1(C)OB(c2cccc(-c3nc(-c4ccccc4)nc(-c4ccccc4)n3)c2)OC1(C)C.c1ccc(-c2nc(-c3ccccc3)nc(-c3cccc(-c4ccc5[nH]c6ccc7c8ccccc8oc7c6c5c4)c3)n2)cc1. The molecule has 12 aromatic carbocycles. The monoisotopic (exact) mass is 1330 g/mol. The maximum atomic E-state index is 6.41. The number of rotatable bonds is 8. The molecule has 0 amide bonds. The Balaban J connectivity index is 0.000000118. The molecule has 98 heavy (non-hydrogen) atoms. The van der Waals surface area contributed by atoms with E-state index in [-0.39, 0.29) is 0 Å². The fourth-order valence-electron chi connectivity index (χ4n) is 13.0. The third-order valence-electron chi connectivity index (χ3n) is 18.7. The van der Waals surface area contributed by atoms with Crippen LogP contribution in [-0.4, -0.2) is 58.2 Å². The third kappa shape index (κ3) is 11.1. The number of nitrogens with zero attached hydrogens (tertiary/aromatic N) is 6. The summed E-state index contributed by atoms with van der Waals surface area (Å²) in [5, 5.41) is 9.15. The molecular weight excluding hydrogens is 1280 g/mol. The number of para-hydroxylation sites is 2. The van der Waals surface area contributed by atoms with Crippen molar-refractivity contribution in [2.75, 3.05) is 0 Å². The lowest BCUT2D eigenvalue weighted by molar-refractivity contribution is 0.00578. The van der Waals surface area contributed by atoms with Gasteiger partial charge < -0.3 is 28.1 Å². The molecule has 470 valence electrons. The lowest BCUT2D eigenvalue weighted by Crippen LogP contribution is -2.41. The van der Waals surface area contributed by atoms with Gasteiger partial charge in [0.15, 0.2) is 34.9 Å². The quantitative estimate of drug-likeness (QED) is 0.141. The van der Waals surface area contributed by atoms with Gasteiger partial charge in [0.2, 0.25) is 0 Å². The molecule has 0 unspecified atom stereocenters. The van der Waals surface area contributed by atoms with Crippen molar-refractivity contribution < 1.29 is 18.1 Å². The van der Waals surface area contributed by atoms with Crippen molar-refractivity contribution in [3.63, 3.8) is 0 Å². The minimum Gasteiger partial charge on any atom is -0.455 e. The molecule has 0 bridgehead atoms. The first-order valence-corrected chi connectivity index (χ1v) is 33.4. The maximum absolute atomic E-state index is 6.41. The molecule has 6 aromatic heterocycles. The van der Waals surface area contributed by atoms with Gasteiger partial charge >= 0.3 is 7.12 Å². The normalized spacial score (nSPS) is 13.4. The average Bonchev–Trinajstić information content (AvgIpc) is 1.58. The zero-order valence-corrected chi connectivity index (χ0v) is 55.4. The van der Waals surface area contributed by atoms with E-state index in [1.807, 2.05) is 182 Å². The summed E-state index contributed by atoms with van der Waals surface area (Å²) in [4.78, 5) is 36.2. The van der Waals surface area contributed by atoms with Gasteiger partial charge in [-0.3, -0.25) is 0 Å². The molecule has 0 atom stereocenters. The fraction of sp³-hybridized carbons (Fsp3) is 0.0714. The summed E-state index contributed by atoms with van der Waals surface area (Å²) in [7, 11) is -0.445. The molecule has 0 saturated carbocycles. The van der Waals surface area contributed by atoms with Crippen molar-refractivity contribution in [1.29, 1.82) is 0 Å². The number of benzene rings is 12. The summed E-state index contributed by atoms with van der Waals surface area (Å²) < 4.78 is 26.1. The minimum atomic E-state index is -0.445. The van der Waals surface area contributed by atoms with Gasteiger partial charge in [-0.15, -0.1) is 0 Å². The van der Waals surface area contributed by atoms with Crippen molar-refractivity contribution >= 4 is 116 Å². The van der Waals surface area contributed by atoms with E-state index in [1.54, 1.807) is 0 Å². The van der Waals surface area contributed by atoms with E-state index in [0.29, 0.717) is 34.9 Å². The molecule has 18 aromatic rings. The Hall–Kier alpha value is -11.7. The molecule has 19 rings (SSSR count). The van der Waals surface area contributed by atoms with Crippen LogP contribution in [0, 0.1) is 0 Å². The van der Waals surface area contributed by atoms with Crippen LogP contribution in [0.4, 0.5) is 0 Å². The van der Waals surface area contributed by atoms with Crippen LogP contribution >= 0.6 is 15.9 Å². The van der Waals surface area contributed by atoms with Gasteiger partial charge in [-0.1, -0.05) is 222 Å². The highest BCUT2D eigenvalue weighted by atomic mass is 79.9. The van der Waals surface area contributed by atoms with Crippen LogP contribution in [0.3, 0.4) is 0 Å². The molecule has 1 saturated heterocycles. The van der Waals surface area contributed by atoms with Crippen molar-refractivity contribution in [1.82, 2.24) is 39.9 Å². The second-order valence-electron chi connectivity index (χ2n) is 25.5. The molecule has 14 heteroatoms. The van der Waals surface area contributed by atoms with Crippen LogP contribution in [0.15, 0.2) is 292 Å². The smallest absolute Gasteiger partial charge is 0.455 e. The van der Waals surface area contributed by atoms with Gasteiger partial charge in [0.1, 0.15) is 22.3 Å². The lowest BCUT2D eigenvalue weighted by atomic mass is 9.78. The Labute approximate surface area is 572 Å². The first-order chi connectivity index (χ1) is 47.9. The van der Waals surface area contributed by atoms with E-state index in [2.05, 4.69) is 151 Å². The second-order valence-corrected chi connectivity index (χ2v) is 26.4. The number of furan rings is 2. The Morgan fingerprint density at radius 1 is 0.296 bits per heavy atom. The van der Waals surface area contributed by atoms with Crippen LogP contribution in [0.2, 0.25) is 0 Å². The number of aromatic nitrogens is 8.